The number of hydrogen-bond donors (Lipinski definition) is 3. The smallest absolute Gasteiger partial charge is 0.147 e. The molecule has 0 fully saturated rings. The number of aryl methyl sites for hydroxylation is 2. The molecule has 0 atom stereocenters. The fourth-order valence-corrected chi connectivity index (χ4v) is 2.01. The molecule has 2 rings (SSSR count). The summed E-state index contributed by atoms with van der Waals surface area (Å²) in [7, 11) is 1.90. The summed E-state index contributed by atoms with van der Waals surface area (Å²) in [5, 5.41) is 14.4. The van der Waals surface area contributed by atoms with E-state index in [2.05, 4.69) is 39.4 Å². The van der Waals surface area contributed by atoms with Crippen LogP contribution < -0.4 is 11.1 Å². The van der Waals surface area contributed by atoms with Crippen molar-refractivity contribution >= 4 is 11.5 Å². The zero-order chi connectivity index (χ0) is 13.8. The minimum atomic E-state index is 0.330. The first-order chi connectivity index (χ1) is 9.09. The number of nitrogens with one attached hydrogen (secondary N) is 2. The number of nitrogens with zero attached hydrogens (tertiary/aromatic N) is 4. The van der Waals surface area contributed by atoms with Crippen LogP contribution in [-0.2, 0) is 13.5 Å². The Morgan fingerprint density at radius 1 is 1.47 bits per heavy atom. The molecule has 2 aromatic rings. The molecule has 0 radical (unpaired) electrons. The van der Waals surface area contributed by atoms with Gasteiger partial charge in [0.25, 0.3) is 0 Å². The molecule has 0 saturated heterocycles. The van der Waals surface area contributed by atoms with Gasteiger partial charge in [-0.1, -0.05) is 13.8 Å². The fourth-order valence-electron chi connectivity index (χ4n) is 2.01. The number of H-pyrrole nitrogens is 1. The van der Waals surface area contributed by atoms with Gasteiger partial charge in [-0.2, -0.15) is 10.2 Å². The standard InChI is InChI=1S/C12H21N7/c1-8(2)11-10(13)12(19(3)18-11)14-6-4-5-9-15-7-16-17-9/h7-8,14H,4-6,13H2,1-3H3,(H,15,16,17). The van der Waals surface area contributed by atoms with Crippen LogP contribution >= 0.6 is 0 Å². The molecular formula is C12H21N7. The van der Waals surface area contributed by atoms with E-state index in [1.165, 1.54) is 6.33 Å². The number of hydrogen-bond acceptors (Lipinski definition) is 5. The highest BCUT2D eigenvalue weighted by molar-refractivity contribution is 5.65. The second-order valence-corrected chi connectivity index (χ2v) is 4.89. The van der Waals surface area contributed by atoms with Crippen LogP contribution in [0.1, 0.15) is 37.7 Å². The summed E-state index contributed by atoms with van der Waals surface area (Å²) in [6.45, 7) is 5.00. The van der Waals surface area contributed by atoms with Crippen molar-refractivity contribution in [3.05, 3.63) is 17.8 Å². The van der Waals surface area contributed by atoms with E-state index in [-0.39, 0.29) is 0 Å². The van der Waals surface area contributed by atoms with Crippen molar-refractivity contribution in [2.75, 3.05) is 17.6 Å². The van der Waals surface area contributed by atoms with Crippen molar-refractivity contribution < 1.29 is 0 Å². The molecule has 0 aliphatic carbocycles. The van der Waals surface area contributed by atoms with Gasteiger partial charge in [0.05, 0.1) is 11.4 Å². The summed E-state index contributed by atoms with van der Waals surface area (Å²) in [5.74, 6) is 2.12. The molecule has 19 heavy (non-hydrogen) atoms. The summed E-state index contributed by atoms with van der Waals surface area (Å²) in [5.41, 5.74) is 7.80. The Hall–Kier alpha value is -2.05. The molecule has 0 bridgehead atoms. The Morgan fingerprint density at radius 2 is 2.26 bits per heavy atom. The molecule has 0 unspecified atom stereocenters. The lowest BCUT2D eigenvalue weighted by atomic mass is 10.1. The van der Waals surface area contributed by atoms with Crippen molar-refractivity contribution in [1.82, 2.24) is 25.0 Å². The molecule has 4 N–H and O–H groups in total. The third-order valence-electron chi connectivity index (χ3n) is 3.01. The van der Waals surface area contributed by atoms with Crippen LogP contribution in [-0.4, -0.2) is 31.5 Å². The van der Waals surface area contributed by atoms with Gasteiger partial charge in [0, 0.05) is 20.0 Å². The maximum Gasteiger partial charge on any atom is 0.147 e. The van der Waals surface area contributed by atoms with Crippen LogP contribution in [0.2, 0.25) is 0 Å². The quantitative estimate of drug-likeness (QED) is 0.682. The second kappa shape index (κ2) is 5.73. The van der Waals surface area contributed by atoms with Gasteiger partial charge in [-0.25, -0.2) is 4.98 Å². The van der Waals surface area contributed by atoms with E-state index in [0.29, 0.717) is 5.92 Å². The Balaban J connectivity index is 1.89. The SMILES string of the molecule is CC(C)c1nn(C)c(NCCCc2ncn[nH]2)c1N. The van der Waals surface area contributed by atoms with E-state index >= 15 is 0 Å². The maximum atomic E-state index is 6.11. The summed E-state index contributed by atoms with van der Waals surface area (Å²) >= 11 is 0. The van der Waals surface area contributed by atoms with Crippen LogP contribution in [0.4, 0.5) is 11.5 Å². The van der Waals surface area contributed by atoms with Crippen LogP contribution in [0.3, 0.4) is 0 Å². The highest BCUT2D eigenvalue weighted by Crippen LogP contribution is 2.27. The Kier molecular flexibility index (Phi) is 4.03. The van der Waals surface area contributed by atoms with Crippen molar-refractivity contribution in [1.29, 1.82) is 0 Å². The van der Waals surface area contributed by atoms with Crippen molar-refractivity contribution in [2.24, 2.45) is 7.05 Å². The molecule has 104 valence electrons. The largest absolute Gasteiger partial charge is 0.394 e. The van der Waals surface area contributed by atoms with Gasteiger partial charge in [-0.3, -0.25) is 9.78 Å². The molecule has 0 spiro atoms. The first-order valence-corrected chi connectivity index (χ1v) is 6.50. The summed E-state index contributed by atoms with van der Waals surface area (Å²) in [6, 6.07) is 0. The molecule has 2 aromatic heterocycles. The van der Waals surface area contributed by atoms with Gasteiger partial charge in [-0.05, 0) is 12.3 Å². The van der Waals surface area contributed by atoms with E-state index in [4.69, 9.17) is 5.73 Å². The third-order valence-corrected chi connectivity index (χ3v) is 3.01. The molecular weight excluding hydrogens is 242 g/mol. The van der Waals surface area contributed by atoms with Gasteiger partial charge in [-0.15, -0.1) is 0 Å². The van der Waals surface area contributed by atoms with Gasteiger partial charge in [0.2, 0.25) is 0 Å². The van der Waals surface area contributed by atoms with E-state index in [1.54, 1.807) is 4.68 Å². The molecule has 0 amide bonds. The monoisotopic (exact) mass is 263 g/mol. The Morgan fingerprint density at radius 3 is 2.84 bits per heavy atom. The fraction of sp³-hybridized carbons (Fsp3) is 0.583. The number of aromatic amines is 1. The summed E-state index contributed by atoms with van der Waals surface area (Å²) < 4.78 is 1.80. The first-order valence-electron chi connectivity index (χ1n) is 6.50. The lowest BCUT2D eigenvalue weighted by molar-refractivity contribution is 0.711. The number of rotatable bonds is 6. The predicted octanol–water partition coefficient (Wildman–Crippen LogP) is 1.29. The first kappa shape index (κ1) is 13.4. The highest BCUT2D eigenvalue weighted by atomic mass is 15.3. The number of nitrogens with two attached hydrogens (primary N) is 1. The number of nitrogen functional groups attached to an aromatic ring is 1. The maximum absolute atomic E-state index is 6.11. The summed E-state index contributed by atoms with van der Waals surface area (Å²) in [6.07, 6.45) is 3.34. The molecule has 0 aliphatic heterocycles. The van der Waals surface area contributed by atoms with E-state index in [1.807, 2.05) is 7.05 Å². The molecule has 7 nitrogen and oxygen atoms in total. The van der Waals surface area contributed by atoms with Crippen molar-refractivity contribution in [3.63, 3.8) is 0 Å². The second-order valence-electron chi connectivity index (χ2n) is 4.89. The van der Waals surface area contributed by atoms with E-state index in [9.17, 15) is 0 Å². The van der Waals surface area contributed by atoms with Crippen LogP contribution in [0, 0.1) is 0 Å². The van der Waals surface area contributed by atoms with Gasteiger partial charge in [0.15, 0.2) is 0 Å². The lowest BCUT2D eigenvalue weighted by Crippen LogP contribution is -2.09. The molecule has 0 aliphatic rings. The Bertz CT molecular complexity index is 512. The minimum absolute atomic E-state index is 0.330. The molecule has 0 saturated carbocycles. The van der Waals surface area contributed by atoms with Crippen molar-refractivity contribution in [2.45, 2.75) is 32.6 Å². The summed E-state index contributed by atoms with van der Waals surface area (Å²) in [4.78, 5) is 4.09. The molecule has 0 aromatic carbocycles. The number of anilines is 2. The zero-order valence-corrected chi connectivity index (χ0v) is 11.6. The zero-order valence-electron chi connectivity index (χ0n) is 11.6. The van der Waals surface area contributed by atoms with Crippen LogP contribution in [0.5, 0.6) is 0 Å². The molecule has 7 heteroatoms. The molecule has 2 heterocycles. The van der Waals surface area contributed by atoms with Crippen LogP contribution in [0.25, 0.3) is 0 Å². The van der Waals surface area contributed by atoms with Gasteiger partial charge >= 0.3 is 0 Å². The third kappa shape index (κ3) is 3.04. The van der Waals surface area contributed by atoms with E-state index in [0.717, 1.165) is 42.4 Å². The van der Waals surface area contributed by atoms with Crippen molar-refractivity contribution in [3.8, 4) is 0 Å². The van der Waals surface area contributed by atoms with Gasteiger partial charge < -0.3 is 11.1 Å². The highest BCUT2D eigenvalue weighted by Gasteiger charge is 2.15. The topological polar surface area (TPSA) is 97.4 Å². The van der Waals surface area contributed by atoms with E-state index < -0.39 is 0 Å². The Labute approximate surface area is 112 Å². The lowest BCUT2D eigenvalue weighted by Gasteiger charge is -2.07. The average molecular weight is 263 g/mol. The van der Waals surface area contributed by atoms with Gasteiger partial charge in [0.1, 0.15) is 18.0 Å². The average Bonchev–Trinajstić information content (AvgIpc) is 2.96. The predicted molar refractivity (Wildman–Crippen MR) is 74.9 cm³/mol. The minimum Gasteiger partial charge on any atom is -0.394 e. The normalized spacial score (nSPS) is 11.2. The number of aromatic nitrogens is 5. The van der Waals surface area contributed by atoms with Crippen LogP contribution in [0.15, 0.2) is 6.33 Å².